The Hall–Kier alpha value is -4.11. The van der Waals surface area contributed by atoms with Gasteiger partial charge >= 0.3 is 0 Å². The number of unbranched alkanes of at least 4 members (excludes halogenated alkanes) is 1. The fourth-order valence-electron chi connectivity index (χ4n) is 3.72. The SMILES string of the molecule is COCC(C)Nc1nc(-c2ccccn2)nc(C(=O)CCCCc2cnc[nH]2)c1Oc1ccccc1. The van der Waals surface area contributed by atoms with Crippen LogP contribution >= 0.6 is 0 Å². The summed E-state index contributed by atoms with van der Waals surface area (Å²) < 4.78 is 11.5. The van der Waals surface area contributed by atoms with Gasteiger partial charge in [-0.05, 0) is 50.5 Å². The Kier molecular flexibility index (Phi) is 8.72. The number of benzene rings is 1. The van der Waals surface area contributed by atoms with Crippen LogP contribution in [0.15, 0.2) is 67.3 Å². The number of aromatic nitrogens is 5. The van der Waals surface area contributed by atoms with Gasteiger partial charge in [0.2, 0.25) is 0 Å². The van der Waals surface area contributed by atoms with Crippen molar-refractivity contribution in [2.45, 2.75) is 38.6 Å². The largest absolute Gasteiger partial charge is 0.451 e. The van der Waals surface area contributed by atoms with E-state index in [1.54, 1.807) is 25.8 Å². The van der Waals surface area contributed by atoms with Crippen LogP contribution in [-0.2, 0) is 11.2 Å². The third-order valence-electron chi connectivity index (χ3n) is 5.44. The van der Waals surface area contributed by atoms with Gasteiger partial charge in [0.15, 0.2) is 28.9 Å². The number of hydrogen-bond donors (Lipinski definition) is 2. The molecule has 4 aromatic rings. The normalized spacial score (nSPS) is 11.7. The van der Waals surface area contributed by atoms with Crippen molar-refractivity contribution in [3.63, 3.8) is 0 Å². The molecule has 3 aromatic heterocycles. The molecule has 0 aliphatic rings. The molecule has 0 saturated heterocycles. The molecule has 0 fully saturated rings. The molecule has 2 N–H and O–H groups in total. The van der Waals surface area contributed by atoms with Crippen LogP contribution in [0.2, 0.25) is 0 Å². The van der Waals surface area contributed by atoms with Crippen molar-refractivity contribution in [2.24, 2.45) is 0 Å². The van der Waals surface area contributed by atoms with Crippen LogP contribution in [0.3, 0.4) is 0 Å². The van der Waals surface area contributed by atoms with Gasteiger partial charge in [0, 0.05) is 37.7 Å². The molecule has 9 nitrogen and oxygen atoms in total. The van der Waals surface area contributed by atoms with Crippen molar-refractivity contribution in [1.29, 1.82) is 0 Å². The third-order valence-corrected chi connectivity index (χ3v) is 5.44. The number of imidazole rings is 1. The molecule has 0 amide bonds. The lowest BCUT2D eigenvalue weighted by Gasteiger charge is -2.19. The number of anilines is 1. The summed E-state index contributed by atoms with van der Waals surface area (Å²) in [4.78, 5) is 34.4. The van der Waals surface area contributed by atoms with Crippen LogP contribution in [0, 0.1) is 0 Å². The van der Waals surface area contributed by atoms with Crippen molar-refractivity contribution in [3.05, 3.63) is 78.6 Å². The molecule has 0 saturated carbocycles. The minimum Gasteiger partial charge on any atom is -0.451 e. The predicted octanol–water partition coefficient (Wildman–Crippen LogP) is 5.10. The molecule has 1 atom stereocenters. The average Bonchev–Trinajstić information content (AvgIpc) is 3.42. The Morgan fingerprint density at radius 2 is 1.92 bits per heavy atom. The summed E-state index contributed by atoms with van der Waals surface area (Å²) in [6, 6.07) is 14.7. The van der Waals surface area contributed by atoms with Crippen molar-refractivity contribution in [3.8, 4) is 23.0 Å². The van der Waals surface area contributed by atoms with Gasteiger partial charge in [0.05, 0.1) is 12.9 Å². The number of carbonyl (C=O) groups excluding carboxylic acids is 1. The number of nitrogens with one attached hydrogen (secondary N) is 2. The number of para-hydroxylation sites is 1. The van der Waals surface area contributed by atoms with Gasteiger partial charge in [-0.2, -0.15) is 0 Å². The summed E-state index contributed by atoms with van der Waals surface area (Å²) in [7, 11) is 1.64. The second-order valence-electron chi connectivity index (χ2n) is 8.41. The van der Waals surface area contributed by atoms with Gasteiger partial charge in [-0.1, -0.05) is 24.3 Å². The number of Topliss-reactive ketones (excluding diaryl/α,β-unsaturated/α-hetero) is 1. The van der Waals surface area contributed by atoms with Gasteiger partial charge < -0.3 is 19.8 Å². The first-order chi connectivity index (χ1) is 17.6. The number of rotatable bonds is 13. The minimum absolute atomic E-state index is 0.0861. The molecular weight excluding hydrogens is 456 g/mol. The zero-order valence-corrected chi connectivity index (χ0v) is 20.5. The van der Waals surface area contributed by atoms with Gasteiger partial charge in [-0.3, -0.25) is 9.78 Å². The third kappa shape index (κ3) is 6.73. The summed E-state index contributed by atoms with van der Waals surface area (Å²) in [5, 5.41) is 3.33. The van der Waals surface area contributed by atoms with Crippen molar-refractivity contribution >= 4 is 11.6 Å². The highest BCUT2D eigenvalue weighted by Crippen LogP contribution is 2.34. The van der Waals surface area contributed by atoms with Gasteiger partial charge in [-0.15, -0.1) is 0 Å². The van der Waals surface area contributed by atoms with Gasteiger partial charge in [-0.25, -0.2) is 15.0 Å². The summed E-state index contributed by atoms with van der Waals surface area (Å²) in [6.45, 7) is 2.42. The van der Waals surface area contributed by atoms with Crippen LogP contribution < -0.4 is 10.1 Å². The number of nitrogens with zero attached hydrogens (tertiary/aromatic N) is 4. The van der Waals surface area contributed by atoms with Crippen molar-refractivity contribution in [1.82, 2.24) is 24.9 Å². The number of H-pyrrole nitrogens is 1. The smallest absolute Gasteiger partial charge is 0.199 e. The molecule has 9 heteroatoms. The summed E-state index contributed by atoms with van der Waals surface area (Å²) in [5.41, 5.74) is 1.84. The van der Waals surface area contributed by atoms with E-state index in [9.17, 15) is 4.79 Å². The lowest BCUT2D eigenvalue weighted by Crippen LogP contribution is -2.23. The quantitative estimate of drug-likeness (QED) is 0.198. The second kappa shape index (κ2) is 12.6. The molecule has 4 rings (SSSR count). The summed E-state index contributed by atoms with van der Waals surface area (Å²) in [6.07, 6.45) is 7.83. The number of carbonyl (C=O) groups is 1. The van der Waals surface area contributed by atoms with E-state index in [4.69, 9.17) is 14.5 Å². The molecule has 3 heterocycles. The topological polar surface area (TPSA) is 115 Å². The van der Waals surface area contributed by atoms with Crippen LogP contribution in [0.5, 0.6) is 11.5 Å². The lowest BCUT2D eigenvalue weighted by atomic mass is 10.1. The van der Waals surface area contributed by atoms with Crippen LogP contribution in [0.1, 0.15) is 42.4 Å². The highest BCUT2D eigenvalue weighted by Gasteiger charge is 2.24. The van der Waals surface area contributed by atoms with Gasteiger partial charge in [0.1, 0.15) is 11.4 Å². The Balaban J connectivity index is 1.68. The first kappa shape index (κ1) is 25.0. The molecule has 0 radical (unpaired) electrons. The lowest BCUT2D eigenvalue weighted by molar-refractivity contribution is 0.0972. The highest BCUT2D eigenvalue weighted by atomic mass is 16.5. The predicted molar refractivity (Wildman–Crippen MR) is 137 cm³/mol. The fourth-order valence-corrected chi connectivity index (χ4v) is 3.72. The number of aromatic amines is 1. The van der Waals surface area contributed by atoms with Crippen LogP contribution in [0.25, 0.3) is 11.5 Å². The van der Waals surface area contributed by atoms with Crippen LogP contribution in [-0.4, -0.2) is 50.5 Å². The first-order valence-electron chi connectivity index (χ1n) is 12.0. The molecule has 36 heavy (non-hydrogen) atoms. The van der Waals surface area contributed by atoms with E-state index in [0.717, 1.165) is 18.5 Å². The molecule has 1 unspecified atom stereocenters. The maximum atomic E-state index is 13.5. The first-order valence-corrected chi connectivity index (χ1v) is 12.0. The standard InChI is InChI=1S/C27H30N6O3/c1-19(17-35-2)31-27-25(36-21-11-4-3-5-12-21)24(32-26(33-27)22-13-8-9-15-29-22)23(34)14-7-6-10-20-16-28-18-30-20/h3-5,8-9,11-13,15-16,18-19H,6-7,10,14,17H2,1-2H3,(H,28,30)(H,31,32,33). The van der Waals surface area contributed by atoms with E-state index in [-0.39, 0.29) is 17.5 Å². The van der Waals surface area contributed by atoms with Crippen molar-refractivity contribution in [2.75, 3.05) is 19.0 Å². The number of hydrogen-bond acceptors (Lipinski definition) is 8. The maximum Gasteiger partial charge on any atom is 0.199 e. The Morgan fingerprint density at radius 3 is 2.64 bits per heavy atom. The summed E-state index contributed by atoms with van der Waals surface area (Å²) >= 11 is 0. The maximum absolute atomic E-state index is 13.5. The number of ketones is 1. The Morgan fingerprint density at radius 1 is 1.08 bits per heavy atom. The monoisotopic (exact) mass is 486 g/mol. The average molecular weight is 487 g/mol. The molecule has 186 valence electrons. The molecule has 0 aliphatic heterocycles. The number of ether oxygens (including phenoxy) is 2. The molecule has 0 spiro atoms. The number of pyridine rings is 1. The zero-order chi connectivity index (χ0) is 25.2. The van der Waals surface area contributed by atoms with E-state index in [0.29, 0.717) is 48.3 Å². The summed E-state index contributed by atoms with van der Waals surface area (Å²) in [5.74, 6) is 1.53. The van der Waals surface area contributed by atoms with Crippen molar-refractivity contribution < 1.29 is 14.3 Å². The Bertz CT molecular complexity index is 1230. The van der Waals surface area contributed by atoms with E-state index < -0.39 is 0 Å². The number of methoxy groups -OCH3 is 1. The van der Waals surface area contributed by atoms with Crippen LogP contribution in [0.4, 0.5) is 5.82 Å². The van der Waals surface area contributed by atoms with E-state index >= 15 is 0 Å². The molecule has 0 bridgehead atoms. The Labute approximate surface area is 210 Å². The molecular formula is C27H30N6O3. The molecule has 1 aromatic carbocycles. The molecule has 0 aliphatic carbocycles. The highest BCUT2D eigenvalue weighted by molar-refractivity contribution is 5.98. The minimum atomic E-state index is -0.118. The fraction of sp³-hybridized carbons (Fsp3) is 0.296. The van der Waals surface area contributed by atoms with E-state index in [1.165, 1.54) is 0 Å². The second-order valence-corrected chi connectivity index (χ2v) is 8.41. The van der Waals surface area contributed by atoms with E-state index in [1.807, 2.05) is 55.5 Å². The number of aryl methyl sites for hydroxylation is 1. The van der Waals surface area contributed by atoms with E-state index in [2.05, 4.69) is 25.3 Å². The zero-order valence-electron chi connectivity index (χ0n) is 20.5. The van der Waals surface area contributed by atoms with Gasteiger partial charge in [0.25, 0.3) is 0 Å².